The second-order valence-electron chi connectivity index (χ2n) is 13.2. The summed E-state index contributed by atoms with van der Waals surface area (Å²) in [7, 11) is 1.66. The Kier molecular flexibility index (Phi) is 8.68. The minimum atomic E-state index is 0.670. The second kappa shape index (κ2) is 14.2. The fourth-order valence-electron chi connectivity index (χ4n) is 7.02. The molecule has 0 fully saturated rings. The van der Waals surface area contributed by atoms with Crippen LogP contribution in [0.15, 0.2) is 164 Å². The highest BCUT2D eigenvalue weighted by Crippen LogP contribution is 2.46. The molecule has 0 N–H and O–H groups in total. The van der Waals surface area contributed by atoms with Gasteiger partial charge >= 0.3 is 0 Å². The highest BCUT2D eigenvalue weighted by atomic mass is 16.5. The van der Waals surface area contributed by atoms with Crippen LogP contribution in [0.5, 0.6) is 40.2 Å². The van der Waals surface area contributed by atoms with Crippen LogP contribution in [0.2, 0.25) is 0 Å². The summed E-state index contributed by atoms with van der Waals surface area (Å²) in [5.74, 6) is 5.74. The molecule has 0 aliphatic carbocycles. The smallest absolute Gasteiger partial charge is 0.142 e. The van der Waals surface area contributed by atoms with E-state index in [1.807, 2.05) is 126 Å². The number of fused-ring (bicyclic) bond motifs is 3. The molecule has 0 aliphatic rings. The molecule has 268 valence electrons. The average Bonchev–Trinajstić information content (AvgIpc) is 3.84. The molecule has 0 radical (unpaired) electrons. The molecule has 0 amide bonds. The van der Waals surface area contributed by atoms with Gasteiger partial charge in [-0.05, 0) is 91.7 Å². The van der Waals surface area contributed by atoms with E-state index in [1.165, 1.54) is 0 Å². The van der Waals surface area contributed by atoms with Crippen LogP contribution in [0.3, 0.4) is 0 Å². The Morgan fingerprint density at radius 2 is 1.18 bits per heavy atom. The molecular weight excluding hydrogens is 685 g/mol. The first kappa shape index (κ1) is 33.5. The van der Waals surface area contributed by atoms with Crippen LogP contribution in [-0.4, -0.2) is 26.4 Å². The molecule has 8 nitrogen and oxygen atoms in total. The predicted octanol–water partition coefficient (Wildman–Crippen LogP) is 12.0. The summed E-state index contributed by atoms with van der Waals surface area (Å²) in [5, 5.41) is 7.05. The molecule has 9 aromatic rings. The number of para-hydroxylation sites is 3. The Labute approximate surface area is 318 Å². The molecule has 0 atom stereocenters. The molecular formula is C47H36N4O4. The van der Waals surface area contributed by atoms with Crippen molar-refractivity contribution in [1.82, 2.24) is 19.3 Å². The van der Waals surface area contributed by atoms with Gasteiger partial charge in [0, 0.05) is 46.9 Å². The number of hydrogen-bond acceptors (Lipinski definition) is 6. The van der Waals surface area contributed by atoms with Gasteiger partial charge in [0.15, 0.2) is 0 Å². The topological polar surface area (TPSA) is 72.6 Å². The lowest BCUT2D eigenvalue weighted by atomic mass is 9.99. The minimum absolute atomic E-state index is 0.670. The number of hydrogen-bond donors (Lipinski definition) is 0. The number of ether oxygens (including phenoxy) is 4. The third-order valence-electron chi connectivity index (χ3n) is 9.55. The van der Waals surface area contributed by atoms with Crippen molar-refractivity contribution in [2.24, 2.45) is 0 Å². The number of aromatic nitrogens is 4. The van der Waals surface area contributed by atoms with Crippen molar-refractivity contribution in [3.8, 4) is 62.9 Å². The van der Waals surface area contributed by atoms with Gasteiger partial charge in [-0.15, -0.1) is 0 Å². The number of rotatable bonds is 10. The number of methoxy groups -OCH3 is 1. The largest absolute Gasteiger partial charge is 0.497 e. The normalized spacial score (nSPS) is 11.2. The maximum absolute atomic E-state index is 6.58. The third-order valence-corrected chi connectivity index (χ3v) is 9.55. The van der Waals surface area contributed by atoms with E-state index in [4.69, 9.17) is 29.0 Å². The Bertz CT molecular complexity index is 2740. The fraction of sp³-hybridized carbons (Fsp3) is 0.0638. The first-order chi connectivity index (χ1) is 27.0. The molecule has 0 spiro atoms. The molecule has 3 heterocycles. The van der Waals surface area contributed by atoms with Gasteiger partial charge in [0.25, 0.3) is 0 Å². The summed E-state index contributed by atoms with van der Waals surface area (Å²) in [6, 6.07) is 47.8. The molecule has 0 bridgehead atoms. The van der Waals surface area contributed by atoms with E-state index >= 15 is 0 Å². The van der Waals surface area contributed by atoms with Gasteiger partial charge in [0.05, 0.1) is 35.6 Å². The van der Waals surface area contributed by atoms with Gasteiger partial charge in [0.2, 0.25) is 0 Å². The maximum atomic E-state index is 6.58. The van der Waals surface area contributed by atoms with E-state index < -0.39 is 0 Å². The lowest BCUT2D eigenvalue weighted by Crippen LogP contribution is -1.98. The van der Waals surface area contributed by atoms with Crippen molar-refractivity contribution in [2.75, 3.05) is 7.11 Å². The Balaban J connectivity index is 1.08. The molecule has 0 aliphatic heterocycles. The molecule has 6 aromatic carbocycles. The minimum Gasteiger partial charge on any atom is -0.497 e. The van der Waals surface area contributed by atoms with E-state index in [0.717, 1.165) is 72.8 Å². The van der Waals surface area contributed by atoms with Crippen molar-refractivity contribution in [2.45, 2.75) is 13.8 Å². The van der Waals surface area contributed by atoms with Crippen molar-refractivity contribution < 1.29 is 18.9 Å². The van der Waals surface area contributed by atoms with Gasteiger partial charge in [-0.2, -0.15) is 5.10 Å². The summed E-state index contributed by atoms with van der Waals surface area (Å²) >= 11 is 0. The zero-order chi connectivity index (χ0) is 37.3. The molecule has 0 saturated carbocycles. The van der Waals surface area contributed by atoms with E-state index in [1.54, 1.807) is 13.3 Å². The van der Waals surface area contributed by atoms with Gasteiger partial charge in [-0.1, -0.05) is 60.7 Å². The average molecular weight is 721 g/mol. The molecule has 3 aromatic heterocycles. The van der Waals surface area contributed by atoms with Crippen LogP contribution in [0, 0.1) is 13.8 Å². The van der Waals surface area contributed by atoms with Gasteiger partial charge in [-0.25, -0.2) is 9.67 Å². The number of nitrogens with zero attached hydrogens (tertiary/aromatic N) is 4. The van der Waals surface area contributed by atoms with E-state index in [9.17, 15) is 0 Å². The van der Waals surface area contributed by atoms with Crippen LogP contribution < -0.4 is 18.9 Å². The fourth-order valence-corrected chi connectivity index (χ4v) is 7.02. The van der Waals surface area contributed by atoms with Crippen LogP contribution in [0.4, 0.5) is 0 Å². The van der Waals surface area contributed by atoms with Crippen LogP contribution >= 0.6 is 0 Å². The summed E-state index contributed by atoms with van der Waals surface area (Å²) in [6.07, 6.45) is 5.60. The predicted molar refractivity (Wildman–Crippen MR) is 217 cm³/mol. The summed E-state index contributed by atoms with van der Waals surface area (Å²) in [4.78, 5) is 4.69. The Hall–Kier alpha value is -7.32. The summed E-state index contributed by atoms with van der Waals surface area (Å²) in [5.41, 5.74) is 6.49. The quantitative estimate of drug-likeness (QED) is 0.140. The van der Waals surface area contributed by atoms with Crippen molar-refractivity contribution in [3.05, 3.63) is 175 Å². The highest BCUT2D eigenvalue weighted by molar-refractivity contribution is 6.09. The monoisotopic (exact) mass is 720 g/mol. The second-order valence-corrected chi connectivity index (χ2v) is 13.2. The van der Waals surface area contributed by atoms with Crippen molar-refractivity contribution in [3.63, 3.8) is 0 Å². The molecule has 0 unspecified atom stereocenters. The van der Waals surface area contributed by atoms with Crippen LogP contribution in [-0.2, 0) is 0 Å². The summed E-state index contributed by atoms with van der Waals surface area (Å²) in [6.45, 7) is 4.10. The van der Waals surface area contributed by atoms with Gasteiger partial charge in [-0.3, -0.25) is 4.57 Å². The molecule has 9 rings (SSSR count). The third kappa shape index (κ3) is 6.51. The van der Waals surface area contributed by atoms with E-state index in [-0.39, 0.29) is 0 Å². The standard InChI is InChI=1S/C47H36N4O4/c1-31-25-32(2)47(55-36-16-8-5-9-17-36)45(46(31)54-35-14-6-4-7-15-35)33-29-49-50(30-33)34-13-12-18-38(26-34)53-39-21-22-41-40-19-10-11-20-42(40)51(43(41)27-39)44-28-37(52-3)23-24-48-44/h4-30H,1-3H3. The van der Waals surface area contributed by atoms with Crippen molar-refractivity contribution >= 4 is 21.8 Å². The number of aryl methyl sites for hydroxylation is 2. The van der Waals surface area contributed by atoms with Crippen LogP contribution in [0.25, 0.3) is 44.4 Å². The lowest BCUT2D eigenvalue weighted by molar-refractivity contribution is 0.414. The van der Waals surface area contributed by atoms with Crippen LogP contribution in [0.1, 0.15) is 11.1 Å². The zero-order valence-corrected chi connectivity index (χ0v) is 30.5. The summed E-state index contributed by atoms with van der Waals surface area (Å²) < 4.78 is 29.2. The zero-order valence-electron chi connectivity index (χ0n) is 30.5. The number of pyridine rings is 1. The first-order valence-electron chi connectivity index (χ1n) is 18.0. The van der Waals surface area contributed by atoms with Crippen molar-refractivity contribution in [1.29, 1.82) is 0 Å². The molecule has 8 heteroatoms. The highest BCUT2D eigenvalue weighted by Gasteiger charge is 2.22. The molecule has 0 saturated heterocycles. The maximum Gasteiger partial charge on any atom is 0.142 e. The van der Waals surface area contributed by atoms with E-state index in [0.29, 0.717) is 23.0 Å². The van der Waals surface area contributed by atoms with Gasteiger partial charge in [0.1, 0.15) is 46.1 Å². The SMILES string of the molecule is COc1ccnc(-n2c3ccccc3c3ccc(Oc4cccc(-n5cc(-c6c(Oc7ccccc7)c(C)cc(C)c6Oc6ccccc6)cn5)c4)cc32)c1. The Morgan fingerprint density at radius 1 is 0.527 bits per heavy atom. The lowest BCUT2D eigenvalue weighted by Gasteiger charge is -2.20. The van der Waals surface area contributed by atoms with Gasteiger partial charge < -0.3 is 18.9 Å². The first-order valence-corrected chi connectivity index (χ1v) is 18.0. The number of benzene rings is 6. The van der Waals surface area contributed by atoms with E-state index in [2.05, 4.69) is 54.8 Å². The molecule has 55 heavy (non-hydrogen) atoms. The Morgan fingerprint density at radius 3 is 1.91 bits per heavy atom.